The van der Waals surface area contributed by atoms with Gasteiger partial charge >= 0.3 is 5.97 Å². The zero-order valence-corrected chi connectivity index (χ0v) is 12.4. The number of aromatic nitrogens is 1. The normalized spacial score (nSPS) is 10.9. The SMILES string of the molecule is CCOC(=O)CCCCCn1c(C)cc2ccccc21. The molecule has 2 rings (SSSR count). The van der Waals surface area contributed by atoms with Gasteiger partial charge in [-0.05, 0) is 44.2 Å². The van der Waals surface area contributed by atoms with Gasteiger partial charge < -0.3 is 9.30 Å². The van der Waals surface area contributed by atoms with Crippen molar-refractivity contribution in [2.24, 2.45) is 0 Å². The second-order valence-corrected chi connectivity index (χ2v) is 5.11. The first-order chi connectivity index (χ1) is 9.72. The fourth-order valence-electron chi connectivity index (χ4n) is 2.59. The molecule has 20 heavy (non-hydrogen) atoms. The van der Waals surface area contributed by atoms with Gasteiger partial charge in [0.05, 0.1) is 6.61 Å². The molecule has 0 aliphatic carbocycles. The topological polar surface area (TPSA) is 31.2 Å². The molecule has 108 valence electrons. The van der Waals surface area contributed by atoms with E-state index in [9.17, 15) is 4.79 Å². The summed E-state index contributed by atoms with van der Waals surface area (Å²) in [6.07, 6.45) is 3.61. The number of benzene rings is 1. The Morgan fingerprint density at radius 1 is 1.20 bits per heavy atom. The summed E-state index contributed by atoms with van der Waals surface area (Å²) in [5.41, 5.74) is 2.60. The maximum atomic E-state index is 11.2. The average Bonchev–Trinajstić information content (AvgIpc) is 2.75. The number of ether oxygens (including phenoxy) is 1. The predicted molar refractivity (Wildman–Crippen MR) is 81.8 cm³/mol. The van der Waals surface area contributed by atoms with Crippen molar-refractivity contribution in [1.82, 2.24) is 4.57 Å². The Hall–Kier alpha value is -1.77. The zero-order chi connectivity index (χ0) is 14.4. The Balaban J connectivity index is 1.81. The van der Waals surface area contributed by atoms with Crippen LogP contribution in [0, 0.1) is 6.92 Å². The van der Waals surface area contributed by atoms with Crippen molar-refractivity contribution in [2.45, 2.75) is 46.1 Å². The lowest BCUT2D eigenvalue weighted by Crippen LogP contribution is -2.04. The molecule has 0 fully saturated rings. The van der Waals surface area contributed by atoms with E-state index < -0.39 is 0 Å². The summed E-state index contributed by atoms with van der Waals surface area (Å²) in [5.74, 6) is -0.0740. The molecule has 0 amide bonds. The number of fused-ring (bicyclic) bond motifs is 1. The molecule has 2 aromatic rings. The lowest BCUT2D eigenvalue weighted by molar-refractivity contribution is -0.143. The molecule has 0 spiro atoms. The third kappa shape index (κ3) is 3.62. The molecule has 1 aromatic heterocycles. The van der Waals surface area contributed by atoms with E-state index in [-0.39, 0.29) is 5.97 Å². The Kier molecular flexibility index (Phi) is 5.22. The van der Waals surface area contributed by atoms with Crippen molar-refractivity contribution in [1.29, 1.82) is 0 Å². The van der Waals surface area contributed by atoms with Gasteiger partial charge in [-0.25, -0.2) is 0 Å². The molecule has 0 N–H and O–H groups in total. The lowest BCUT2D eigenvalue weighted by Gasteiger charge is -2.08. The van der Waals surface area contributed by atoms with Crippen LogP contribution in [0.25, 0.3) is 10.9 Å². The molecule has 1 heterocycles. The van der Waals surface area contributed by atoms with Gasteiger partial charge in [-0.3, -0.25) is 4.79 Å². The van der Waals surface area contributed by atoms with Gasteiger partial charge in [-0.2, -0.15) is 0 Å². The molecular formula is C17H23NO2. The molecule has 1 aromatic carbocycles. The number of carbonyl (C=O) groups excluding carboxylic acids is 1. The number of para-hydroxylation sites is 1. The molecular weight excluding hydrogens is 250 g/mol. The van der Waals surface area contributed by atoms with Crippen LogP contribution >= 0.6 is 0 Å². The van der Waals surface area contributed by atoms with Crippen LogP contribution in [-0.2, 0) is 16.1 Å². The van der Waals surface area contributed by atoms with E-state index in [1.165, 1.54) is 16.6 Å². The van der Waals surface area contributed by atoms with Gasteiger partial charge in [0.1, 0.15) is 0 Å². The van der Waals surface area contributed by atoms with Crippen LogP contribution in [0.1, 0.15) is 38.3 Å². The summed E-state index contributed by atoms with van der Waals surface area (Å²) in [7, 11) is 0. The average molecular weight is 273 g/mol. The highest BCUT2D eigenvalue weighted by Crippen LogP contribution is 2.20. The number of esters is 1. The van der Waals surface area contributed by atoms with E-state index in [1.807, 2.05) is 6.92 Å². The highest BCUT2D eigenvalue weighted by molar-refractivity contribution is 5.81. The fourth-order valence-corrected chi connectivity index (χ4v) is 2.59. The van der Waals surface area contributed by atoms with Crippen LogP contribution in [0.15, 0.2) is 30.3 Å². The standard InChI is InChI=1S/C17H23NO2/c1-3-20-17(19)11-5-4-8-12-18-14(2)13-15-9-6-7-10-16(15)18/h6-7,9-10,13H,3-5,8,11-12H2,1-2H3. The van der Waals surface area contributed by atoms with E-state index >= 15 is 0 Å². The van der Waals surface area contributed by atoms with E-state index in [1.54, 1.807) is 0 Å². The van der Waals surface area contributed by atoms with Gasteiger partial charge in [-0.1, -0.05) is 24.6 Å². The molecule has 0 aliphatic rings. The van der Waals surface area contributed by atoms with Crippen molar-refractivity contribution in [3.63, 3.8) is 0 Å². The van der Waals surface area contributed by atoms with Crippen LogP contribution < -0.4 is 0 Å². The van der Waals surface area contributed by atoms with Gasteiger partial charge in [-0.15, -0.1) is 0 Å². The molecule has 3 nitrogen and oxygen atoms in total. The number of rotatable bonds is 7. The summed E-state index contributed by atoms with van der Waals surface area (Å²) in [6.45, 7) is 5.49. The fraction of sp³-hybridized carbons (Fsp3) is 0.471. The van der Waals surface area contributed by atoms with Crippen LogP contribution in [-0.4, -0.2) is 17.1 Å². The maximum Gasteiger partial charge on any atom is 0.305 e. The zero-order valence-electron chi connectivity index (χ0n) is 12.4. The van der Waals surface area contributed by atoms with Crippen molar-refractivity contribution in [3.8, 4) is 0 Å². The van der Waals surface area contributed by atoms with Crippen LogP contribution in [0.3, 0.4) is 0 Å². The summed E-state index contributed by atoms with van der Waals surface area (Å²) in [6, 6.07) is 10.7. The molecule has 0 unspecified atom stereocenters. The van der Waals surface area contributed by atoms with Crippen molar-refractivity contribution < 1.29 is 9.53 Å². The molecule has 0 radical (unpaired) electrons. The second-order valence-electron chi connectivity index (χ2n) is 5.11. The number of hydrogen-bond donors (Lipinski definition) is 0. The summed E-state index contributed by atoms with van der Waals surface area (Å²) < 4.78 is 7.29. The van der Waals surface area contributed by atoms with Crippen LogP contribution in [0.5, 0.6) is 0 Å². The first-order valence-electron chi connectivity index (χ1n) is 7.43. The Morgan fingerprint density at radius 3 is 2.80 bits per heavy atom. The van der Waals surface area contributed by atoms with Crippen LogP contribution in [0.4, 0.5) is 0 Å². The number of carbonyl (C=O) groups is 1. The monoisotopic (exact) mass is 273 g/mol. The van der Waals surface area contributed by atoms with E-state index in [4.69, 9.17) is 4.74 Å². The lowest BCUT2D eigenvalue weighted by atomic mass is 10.2. The molecule has 0 atom stereocenters. The van der Waals surface area contributed by atoms with E-state index in [0.29, 0.717) is 13.0 Å². The largest absolute Gasteiger partial charge is 0.466 e. The first kappa shape index (κ1) is 14.6. The minimum Gasteiger partial charge on any atom is -0.466 e. The third-order valence-corrected chi connectivity index (χ3v) is 3.59. The summed E-state index contributed by atoms with van der Waals surface area (Å²) >= 11 is 0. The Labute approximate surface area is 120 Å². The number of unbranched alkanes of at least 4 members (excludes halogenated alkanes) is 2. The molecule has 3 heteroatoms. The van der Waals surface area contributed by atoms with Crippen LogP contribution in [0.2, 0.25) is 0 Å². The maximum absolute atomic E-state index is 11.2. The predicted octanol–water partition coefficient (Wildman–Crippen LogP) is 4.07. The van der Waals surface area contributed by atoms with E-state index in [0.717, 1.165) is 25.8 Å². The summed E-state index contributed by atoms with van der Waals surface area (Å²) in [4.78, 5) is 11.2. The van der Waals surface area contributed by atoms with E-state index in [2.05, 4.69) is 41.8 Å². The Morgan fingerprint density at radius 2 is 2.00 bits per heavy atom. The summed E-state index contributed by atoms with van der Waals surface area (Å²) in [5, 5.41) is 1.30. The molecule has 0 bridgehead atoms. The van der Waals surface area contributed by atoms with Crippen molar-refractivity contribution in [3.05, 3.63) is 36.0 Å². The quantitative estimate of drug-likeness (QED) is 0.562. The van der Waals surface area contributed by atoms with Gasteiger partial charge in [0.25, 0.3) is 0 Å². The van der Waals surface area contributed by atoms with Gasteiger partial charge in [0.15, 0.2) is 0 Å². The van der Waals surface area contributed by atoms with Gasteiger partial charge in [0.2, 0.25) is 0 Å². The molecule has 0 aliphatic heterocycles. The number of aryl methyl sites for hydroxylation is 2. The minimum atomic E-state index is -0.0740. The van der Waals surface area contributed by atoms with Crippen molar-refractivity contribution in [2.75, 3.05) is 6.61 Å². The second kappa shape index (κ2) is 7.13. The molecule has 0 saturated carbocycles. The third-order valence-electron chi connectivity index (χ3n) is 3.59. The first-order valence-corrected chi connectivity index (χ1v) is 7.43. The number of nitrogens with zero attached hydrogens (tertiary/aromatic N) is 1. The number of hydrogen-bond acceptors (Lipinski definition) is 2. The van der Waals surface area contributed by atoms with Crippen molar-refractivity contribution >= 4 is 16.9 Å². The van der Waals surface area contributed by atoms with Gasteiger partial charge in [0, 0.05) is 24.2 Å². The smallest absolute Gasteiger partial charge is 0.305 e. The molecule has 0 saturated heterocycles. The minimum absolute atomic E-state index is 0.0740. The Bertz CT molecular complexity index is 571. The highest BCUT2D eigenvalue weighted by atomic mass is 16.5. The highest BCUT2D eigenvalue weighted by Gasteiger charge is 2.05.